The van der Waals surface area contributed by atoms with Crippen LogP contribution in [0.2, 0.25) is 0 Å². The van der Waals surface area contributed by atoms with Crippen LogP contribution < -0.4 is 10.6 Å². The Balaban J connectivity index is 1.99. The van der Waals surface area contributed by atoms with Gasteiger partial charge in [-0.3, -0.25) is 4.79 Å². The molecule has 92 valence electrons. The highest BCUT2D eigenvalue weighted by Crippen LogP contribution is 2.14. The van der Waals surface area contributed by atoms with Crippen LogP contribution in [0, 0.1) is 17.5 Å². The monoisotopic (exact) mass is 244 g/mol. The minimum absolute atomic E-state index is 0.0447. The van der Waals surface area contributed by atoms with Crippen molar-refractivity contribution in [3.05, 3.63) is 35.1 Å². The standard InChI is InChI=1S/C11H11F3N2O/c12-8-3-10(14)9(13)1-6(8)4-15-7-2-11(17)16-5-7/h1,3,7,15H,2,4-5H2,(H,16,17). The SMILES string of the molecule is O=C1CC(NCc2cc(F)c(F)cc2F)CN1. The van der Waals surface area contributed by atoms with Gasteiger partial charge in [0.05, 0.1) is 0 Å². The molecule has 1 unspecified atom stereocenters. The number of rotatable bonds is 3. The topological polar surface area (TPSA) is 41.1 Å². The summed E-state index contributed by atoms with van der Waals surface area (Å²) in [7, 11) is 0. The third-order valence-electron chi connectivity index (χ3n) is 2.65. The number of carbonyl (C=O) groups is 1. The molecular weight excluding hydrogens is 233 g/mol. The van der Waals surface area contributed by atoms with Gasteiger partial charge in [-0.15, -0.1) is 0 Å². The lowest BCUT2D eigenvalue weighted by Crippen LogP contribution is -2.30. The van der Waals surface area contributed by atoms with Gasteiger partial charge in [0.15, 0.2) is 11.6 Å². The van der Waals surface area contributed by atoms with Crippen LogP contribution in [-0.2, 0) is 11.3 Å². The second-order valence-electron chi connectivity index (χ2n) is 3.94. The third kappa shape index (κ3) is 2.76. The number of hydrogen-bond acceptors (Lipinski definition) is 2. The lowest BCUT2D eigenvalue weighted by atomic mass is 10.1. The molecule has 1 aromatic carbocycles. The molecule has 1 aromatic rings. The van der Waals surface area contributed by atoms with E-state index in [1.807, 2.05) is 0 Å². The zero-order valence-corrected chi connectivity index (χ0v) is 8.90. The molecule has 3 nitrogen and oxygen atoms in total. The fourth-order valence-corrected chi connectivity index (χ4v) is 1.70. The molecule has 0 saturated carbocycles. The van der Waals surface area contributed by atoms with Gasteiger partial charge in [-0.05, 0) is 6.07 Å². The largest absolute Gasteiger partial charge is 0.354 e. The molecule has 0 aliphatic carbocycles. The van der Waals surface area contributed by atoms with E-state index in [-0.39, 0.29) is 24.1 Å². The van der Waals surface area contributed by atoms with Crippen molar-refractivity contribution in [2.24, 2.45) is 0 Å². The van der Waals surface area contributed by atoms with Crippen LogP contribution >= 0.6 is 0 Å². The summed E-state index contributed by atoms with van der Waals surface area (Å²) >= 11 is 0. The number of benzene rings is 1. The lowest BCUT2D eigenvalue weighted by Gasteiger charge is -2.11. The molecule has 1 aliphatic rings. The van der Waals surface area contributed by atoms with Gasteiger partial charge in [-0.25, -0.2) is 13.2 Å². The summed E-state index contributed by atoms with van der Waals surface area (Å²) in [6, 6.07) is 1.24. The Bertz CT molecular complexity index is 451. The predicted molar refractivity (Wildman–Crippen MR) is 54.6 cm³/mol. The van der Waals surface area contributed by atoms with E-state index in [1.54, 1.807) is 0 Å². The highest BCUT2D eigenvalue weighted by atomic mass is 19.2. The number of nitrogens with one attached hydrogen (secondary N) is 2. The summed E-state index contributed by atoms with van der Waals surface area (Å²) in [5.74, 6) is -3.16. The van der Waals surface area contributed by atoms with Crippen LogP contribution in [0.5, 0.6) is 0 Å². The first kappa shape index (κ1) is 11.9. The van der Waals surface area contributed by atoms with Crippen molar-refractivity contribution < 1.29 is 18.0 Å². The van der Waals surface area contributed by atoms with Crippen molar-refractivity contribution in [3.63, 3.8) is 0 Å². The van der Waals surface area contributed by atoms with Crippen molar-refractivity contribution in [3.8, 4) is 0 Å². The van der Waals surface area contributed by atoms with Gasteiger partial charge in [-0.2, -0.15) is 0 Å². The number of amides is 1. The van der Waals surface area contributed by atoms with Crippen LogP contribution in [-0.4, -0.2) is 18.5 Å². The van der Waals surface area contributed by atoms with Crippen LogP contribution in [0.25, 0.3) is 0 Å². The smallest absolute Gasteiger partial charge is 0.221 e. The van der Waals surface area contributed by atoms with Crippen molar-refractivity contribution in [1.82, 2.24) is 10.6 Å². The van der Waals surface area contributed by atoms with E-state index < -0.39 is 17.5 Å². The first-order chi connectivity index (χ1) is 8.06. The van der Waals surface area contributed by atoms with E-state index in [0.29, 0.717) is 19.0 Å². The van der Waals surface area contributed by atoms with Crippen LogP contribution in [0.3, 0.4) is 0 Å². The normalized spacial score (nSPS) is 19.5. The summed E-state index contributed by atoms with van der Waals surface area (Å²) in [5.41, 5.74) is 0.0447. The van der Waals surface area contributed by atoms with Crippen LogP contribution in [0.15, 0.2) is 12.1 Å². The molecule has 6 heteroatoms. The van der Waals surface area contributed by atoms with Gasteiger partial charge < -0.3 is 10.6 Å². The molecule has 1 atom stereocenters. The van der Waals surface area contributed by atoms with E-state index in [0.717, 1.165) is 6.07 Å². The molecule has 2 rings (SSSR count). The molecule has 0 bridgehead atoms. The summed E-state index contributed by atoms with van der Waals surface area (Å²) < 4.78 is 38.8. The molecular formula is C11H11F3N2O. The minimum Gasteiger partial charge on any atom is -0.354 e. The van der Waals surface area contributed by atoms with Crippen LogP contribution in [0.4, 0.5) is 13.2 Å². The zero-order chi connectivity index (χ0) is 12.4. The van der Waals surface area contributed by atoms with Crippen molar-refractivity contribution in [2.45, 2.75) is 19.0 Å². The first-order valence-corrected chi connectivity index (χ1v) is 5.20. The van der Waals surface area contributed by atoms with Gasteiger partial charge in [0.25, 0.3) is 0 Å². The van der Waals surface area contributed by atoms with Crippen LogP contribution in [0.1, 0.15) is 12.0 Å². The maximum Gasteiger partial charge on any atom is 0.221 e. The molecule has 17 heavy (non-hydrogen) atoms. The summed E-state index contributed by atoms with van der Waals surface area (Å²) in [5, 5.41) is 5.52. The lowest BCUT2D eigenvalue weighted by molar-refractivity contribution is -0.119. The third-order valence-corrected chi connectivity index (χ3v) is 2.65. The second kappa shape index (κ2) is 4.75. The molecule has 1 heterocycles. The van der Waals surface area contributed by atoms with Gasteiger partial charge >= 0.3 is 0 Å². The molecule has 1 fully saturated rings. The minimum atomic E-state index is -1.20. The maximum atomic E-state index is 13.3. The molecule has 1 amide bonds. The maximum absolute atomic E-state index is 13.3. The number of halogens is 3. The second-order valence-corrected chi connectivity index (χ2v) is 3.94. The van der Waals surface area contributed by atoms with Gasteiger partial charge in [0, 0.05) is 37.2 Å². The van der Waals surface area contributed by atoms with Crippen molar-refractivity contribution >= 4 is 5.91 Å². The Kier molecular flexibility index (Phi) is 3.33. The first-order valence-electron chi connectivity index (χ1n) is 5.20. The average Bonchev–Trinajstić information content (AvgIpc) is 2.68. The highest BCUT2D eigenvalue weighted by Gasteiger charge is 2.21. The Morgan fingerprint density at radius 2 is 1.94 bits per heavy atom. The molecule has 2 N–H and O–H groups in total. The van der Waals surface area contributed by atoms with Crippen molar-refractivity contribution in [2.75, 3.05) is 6.54 Å². The molecule has 0 aromatic heterocycles. The van der Waals surface area contributed by atoms with E-state index in [2.05, 4.69) is 10.6 Å². The van der Waals surface area contributed by atoms with E-state index in [4.69, 9.17) is 0 Å². The Morgan fingerprint density at radius 1 is 1.24 bits per heavy atom. The Labute approximate surface area is 96.0 Å². The molecule has 1 aliphatic heterocycles. The predicted octanol–water partition coefficient (Wildman–Crippen LogP) is 1.08. The fraction of sp³-hybridized carbons (Fsp3) is 0.364. The number of hydrogen-bond donors (Lipinski definition) is 2. The highest BCUT2D eigenvalue weighted by molar-refractivity contribution is 5.78. The average molecular weight is 244 g/mol. The van der Waals surface area contributed by atoms with E-state index in [9.17, 15) is 18.0 Å². The Morgan fingerprint density at radius 3 is 2.59 bits per heavy atom. The van der Waals surface area contributed by atoms with E-state index >= 15 is 0 Å². The summed E-state index contributed by atoms with van der Waals surface area (Å²) in [6.07, 6.45) is 0.311. The zero-order valence-electron chi connectivity index (χ0n) is 8.90. The molecule has 0 spiro atoms. The Hall–Kier alpha value is -1.56. The summed E-state index contributed by atoms with van der Waals surface area (Å²) in [6.45, 7) is 0.521. The number of carbonyl (C=O) groups excluding carboxylic acids is 1. The fourth-order valence-electron chi connectivity index (χ4n) is 1.70. The van der Waals surface area contributed by atoms with Gasteiger partial charge in [-0.1, -0.05) is 0 Å². The van der Waals surface area contributed by atoms with Crippen molar-refractivity contribution in [1.29, 1.82) is 0 Å². The van der Waals surface area contributed by atoms with Gasteiger partial charge in [0.1, 0.15) is 5.82 Å². The summed E-state index contributed by atoms with van der Waals surface area (Å²) in [4.78, 5) is 10.9. The molecule has 1 saturated heterocycles. The quantitative estimate of drug-likeness (QED) is 0.781. The molecule has 0 radical (unpaired) electrons. The van der Waals surface area contributed by atoms with E-state index in [1.165, 1.54) is 0 Å². The van der Waals surface area contributed by atoms with Gasteiger partial charge in [0.2, 0.25) is 5.91 Å².